The molecule has 9 heteroatoms. The molecule has 3 aromatic carbocycles. The molecule has 178 valence electrons. The van der Waals surface area contributed by atoms with Crippen LogP contribution in [0.25, 0.3) is 44.8 Å². The van der Waals surface area contributed by atoms with E-state index in [2.05, 4.69) is 55.3 Å². The molecule has 3 N–H and O–H groups in total. The summed E-state index contributed by atoms with van der Waals surface area (Å²) in [4.78, 5) is 20.5. The monoisotopic (exact) mass is 473 g/mol. The zero-order chi connectivity index (χ0) is 24.1. The smallest absolute Gasteiger partial charge is 0.147 e. The van der Waals surface area contributed by atoms with Gasteiger partial charge in [-0.05, 0) is 49.5 Å². The van der Waals surface area contributed by atoms with E-state index in [9.17, 15) is 8.78 Å². The molecule has 0 bridgehead atoms. The average molecular weight is 474 g/mol. The highest BCUT2D eigenvalue weighted by Crippen LogP contribution is 2.30. The van der Waals surface area contributed by atoms with Gasteiger partial charge in [0.05, 0.1) is 33.3 Å². The average Bonchev–Trinajstić information content (AvgIpc) is 3.48. The van der Waals surface area contributed by atoms with Gasteiger partial charge in [0.1, 0.15) is 23.3 Å². The molecule has 35 heavy (non-hydrogen) atoms. The van der Waals surface area contributed by atoms with E-state index in [0.717, 1.165) is 66.2 Å². The molecule has 5 aromatic rings. The van der Waals surface area contributed by atoms with Crippen molar-refractivity contribution in [1.82, 2.24) is 24.8 Å². The fourth-order valence-electron chi connectivity index (χ4n) is 4.59. The Kier molecular flexibility index (Phi) is 5.14. The first kappa shape index (κ1) is 21.5. The van der Waals surface area contributed by atoms with Crippen LogP contribution in [-0.2, 0) is 0 Å². The summed E-state index contributed by atoms with van der Waals surface area (Å²) in [5.74, 6) is -0.0815. The van der Waals surface area contributed by atoms with Gasteiger partial charge in [0, 0.05) is 50.5 Å². The van der Waals surface area contributed by atoms with Crippen LogP contribution in [0, 0.1) is 11.6 Å². The van der Waals surface area contributed by atoms with Gasteiger partial charge in [0.2, 0.25) is 0 Å². The number of benzene rings is 3. The fourth-order valence-corrected chi connectivity index (χ4v) is 4.59. The molecule has 2 aromatic heterocycles. The van der Waals surface area contributed by atoms with Crippen LogP contribution in [0.15, 0.2) is 48.5 Å². The minimum absolute atomic E-state index is 0.0828. The van der Waals surface area contributed by atoms with E-state index in [0.29, 0.717) is 5.52 Å². The zero-order valence-corrected chi connectivity index (χ0v) is 19.5. The highest BCUT2D eigenvalue weighted by molar-refractivity contribution is 5.87. The summed E-state index contributed by atoms with van der Waals surface area (Å²) in [7, 11) is 3.69. The number of likely N-dealkylation sites (N-methyl/N-ethyl adjacent to an activating group) is 1. The summed E-state index contributed by atoms with van der Waals surface area (Å²) >= 11 is 0. The maximum absolute atomic E-state index is 14.6. The first-order chi connectivity index (χ1) is 17.0. The standard InChI is InChI=1S/C26H25F2N7/c1-29-22-14-18(27)17(13-19(22)28)26-31-20-5-3-15(11-23(20)33-26)25-30-21-6-4-16(12-24(21)32-25)35-9-7-34(2)8-10-35/h3-6,11-14,29H,7-10H2,1-2H3,(H,30,32)(H,31,33). The maximum atomic E-state index is 14.6. The Hall–Kier alpha value is -3.98. The second-order valence-electron chi connectivity index (χ2n) is 8.96. The molecule has 7 nitrogen and oxygen atoms in total. The lowest BCUT2D eigenvalue weighted by Gasteiger charge is -2.34. The number of hydrogen-bond donors (Lipinski definition) is 3. The molecule has 6 rings (SSSR count). The topological polar surface area (TPSA) is 75.9 Å². The fraction of sp³-hybridized carbons (Fsp3) is 0.231. The van der Waals surface area contributed by atoms with Crippen LogP contribution in [0.1, 0.15) is 0 Å². The van der Waals surface area contributed by atoms with Crippen molar-refractivity contribution in [2.24, 2.45) is 0 Å². The van der Waals surface area contributed by atoms with Crippen LogP contribution in [0.4, 0.5) is 20.2 Å². The van der Waals surface area contributed by atoms with Crippen molar-refractivity contribution < 1.29 is 8.78 Å². The van der Waals surface area contributed by atoms with Crippen molar-refractivity contribution in [3.63, 3.8) is 0 Å². The van der Waals surface area contributed by atoms with Crippen molar-refractivity contribution in [3.8, 4) is 22.8 Å². The summed E-state index contributed by atoms with van der Waals surface area (Å²) in [5, 5.41) is 2.64. The van der Waals surface area contributed by atoms with Crippen LogP contribution < -0.4 is 10.2 Å². The minimum atomic E-state index is -0.552. The number of hydrogen-bond acceptors (Lipinski definition) is 5. The van der Waals surface area contributed by atoms with Crippen LogP contribution in [0.2, 0.25) is 0 Å². The number of rotatable bonds is 4. The summed E-state index contributed by atoms with van der Waals surface area (Å²) in [5.41, 5.74) is 5.47. The van der Waals surface area contributed by atoms with Gasteiger partial charge in [-0.1, -0.05) is 0 Å². The molecule has 1 aliphatic rings. The molecule has 0 amide bonds. The van der Waals surface area contributed by atoms with Gasteiger partial charge in [0.15, 0.2) is 0 Å². The highest BCUT2D eigenvalue weighted by atomic mass is 19.1. The van der Waals surface area contributed by atoms with E-state index in [-0.39, 0.29) is 17.1 Å². The summed E-state index contributed by atoms with van der Waals surface area (Å²) in [6.45, 7) is 4.09. The molecule has 0 unspecified atom stereocenters. The van der Waals surface area contributed by atoms with E-state index < -0.39 is 11.6 Å². The maximum Gasteiger partial charge on any atom is 0.147 e. The lowest BCUT2D eigenvalue weighted by molar-refractivity contribution is 0.313. The molecule has 0 aliphatic carbocycles. The van der Waals surface area contributed by atoms with Crippen molar-refractivity contribution in [2.45, 2.75) is 0 Å². The second-order valence-corrected chi connectivity index (χ2v) is 8.96. The molecule has 0 spiro atoms. The van der Waals surface area contributed by atoms with E-state index in [1.54, 1.807) is 7.05 Å². The number of imidazole rings is 2. The Morgan fingerprint density at radius 3 is 2.26 bits per heavy atom. The van der Waals surface area contributed by atoms with Gasteiger partial charge in [0.25, 0.3) is 0 Å². The SMILES string of the molecule is CNc1cc(F)c(-c2nc3cc(-c4nc5cc(N6CCN(C)CC6)ccc5[nH]4)ccc3[nH]2)cc1F. The largest absolute Gasteiger partial charge is 0.386 e. The third kappa shape index (κ3) is 3.87. The Morgan fingerprint density at radius 1 is 0.800 bits per heavy atom. The summed E-state index contributed by atoms with van der Waals surface area (Å²) in [6, 6.07) is 14.3. The van der Waals surface area contributed by atoms with Gasteiger partial charge < -0.3 is 25.1 Å². The van der Waals surface area contributed by atoms with Crippen LogP contribution in [-0.4, -0.2) is 65.1 Å². The first-order valence-electron chi connectivity index (χ1n) is 11.6. The summed E-state index contributed by atoms with van der Waals surface area (Å²) < 4.78 is 28.8. The number of fused-ring (bicyclic) bond motifs is 2. The number of piperazine rings is 1. The molecular weight excluding hydrogens is 448 g/mol. The lowest BCUT2D eigenvalue weighted by Crippen LogP contribution is -2.44. The van der Waals surface area contributed by atoms with Crippen LogP contribution in [0.5, 0.6) is 0 Å². The predicted molar refractivity (Wildman–Crippen MR) is 136 cm³/mol. The van der Waals surface area contributed by atoms with Crippen molar-refractivity contribution in [2.75, 3.05) is 50.5 Å². The number of aromatic amines is 2. The molecule has 0 atom stereocenters. The third-order valence-electron chi connectivity index (χ3n) is 6.67. The van der Waals surface area contributed by atoms with E-state index >= 15 is 0 Å². The molecule has 1 fully saturated rings. The Balaban J connectivity index is 1.33. The van der Waals surface area contributed by atoms with E-state index in [1.807, 2.05) is 18.2 Å². The lowest BCUT2D eigenvalue weighted by atomic mass is 10.1. The van der Waals surface area contributed by atoms with Crippen molar-refractivity contribution in [1.29, 1.82) is 0 Å². The number of halogens is 2. The zero-order valence-electron chi connectivity index (χ0n) is 19.5. The molecular formula is C26H25F2N7. The first-order valence-corrected chi connectivity index (χ1v) is 11.6. The van der Waals surface area contributed by atoms with E-state index in [1.165, 1.54) is 5.69 Å². The number of H-pyrrole nitrogens is 2. The van der Waals surface area contributed by atoms with Gasteiger partial charge >= 0.3 is 0 Å². The Morgan fingerprint density at radius 2 is 1.49 bits per heavy atom. The minimum Gasteiger partial charge on any atom is -0.386 e. The van der Waals surface area contributed by atoms with Crippen LogP contribution >= 0.6 is 0 Å². The molecule has 0 saturated carbocycles. The summed E-state index contributed by atoms with van der Waals surface area (Å²) in [6.07, 6.45) is 0. The van der Waals surface area contributed by atoms with Gasteiger partial charge in [-0.15, -0.1) is 0 Å². The second kappa shape index (κ2) is 8.35. The molecule has 0 radical (unpaired) electrons. The third-order valence-corrected chi connectivity index (χ3v) is 6.67. The highest BCUT2D eigenvalue weighted by Gasteiger charge is 2.17. The molecule has 1 aliphatic heterocycles. The predicted octanol–water partition coefficient (Wildman–Crippen LogP) is 4.84. The van der Waals surface area contributed by atoms with E-state index in [4.69, 9.17) is 4.98 Å². The normalized spacial score (nSPS) is 14.8. The number of nitrogens with one attached hydrogen (secondary N) is 3. The Bertz CT molecular complexity index is 1550. The van der Waals surface area contributed by atoms with Crippen molar-refractivity contribution in [3.05, 3.63) is 60.2 Å². The molecule has 1 saturated heterocycles. The molecule has 3 heterocycles. The van der Waals surface area contributed by atoms with Gasteiger partial charge in [-0.3, -0.25) is 0 Å². The van der Waals surface area contributed by atoms with Gasteiger partial charge in [-0.25, -0.2) is 18.7 Å². The quantitative estimate of drug-likeness (QED) is 0.348. The number of nitrogens with zero attached hydrogens (tertiary/aromatic N) is 4. The Labute approximate surface area is 200 Å². The van der Waals surface area contributed by atoms with Crippen molar-refractivity contribution >= 4 is 33.4 Å². The van der Waals surface area contributed by atoms with Gasteiger partial charge in [-0.2, -0.15) is 0 Å². The van der Waals surface area contributed by atoms with Crippen LogP contribution in [0.3, 0.4) is 0 Å². The number of aromatic nitrogens is 4. The number of anilines is 2.